The molecule has 0 aliphatic rings. The number of nitrogens with zero attached hydrogens (tertiary/aromatic N) is 1. The lowest BCUT2D eigenvalue weighted by atomic mass is 10.2. The molecular weight excluding hydrogens is 349 g/mol. The third-order valence-corrected chi connectivity index (χ3v) is 2.71. The van der Waals surface area contributed by atoms with E-state index in [9.17, 15) is 22.0 Å². The SMILES string of the molecule is FC(F)CN(CCBr)Cc1ccc(OC(F)(F)F)cc1. The Morgan fingerprint density at radius 1 is 1.15 bits per heavy atom. The standard InChI is InChI=1S/C12H13BrF5NO/c13-5-6-19(8-11(14)15)7-9-1-3-10(4-2-9)20-12(16,17)18/h1-4,11H,5-8H2. The molecule has 0 N–H and O–H groups in total. The molecule has 0 saturated heterocycles. The van der Waals surface area contributed by atoms with Gasteiger partial charge < -0.3 is 4.74 Å². The first-order chi connectivity index (χ1) is 9.30. The van der Waals surface area contributed by atoms with Crippen molar-refractivity contribution in [3.8, 4) is 5.75 Å². The molecule has 2 nitrogen and oxygen atoms in total. The predicted molar refractivity (Wildman–Crippen MR) is 68.2 cm³/mol. The zero-order valence-corrected chi connectivity index (χ0v) is 11.9. The van der Waals surface area contributed by atoms with Crippen LogP contribution in [0.1, 0.15) is 5.56 Å². The molecule has 0 saturated carbocycles. The lowest BCUT2D eigenvalue weighted by molar-refractivity contribution is -0.274. The minimum absolute atomic E-state index is 0.238. The second kappa shape index (κ2) is 7.78. The number of ether oxygens (including phenoxy) is 1. The quantitative estimate of drug-likeness (QED) is 0.536. The summed E-state index contributed by atoms with van der Waals surface area (Å²) >= 11 is 3.17. The maximum Gasteiger partial charge on any atom is 0.573 e. The van der Waals surface area contributed by atoms with Crippen molar-refractivity contribution in [2.75, 3.05) is 18.4 Å². The van der Waals surface area contributed by atoms with Crippen LogP contribution in [0, 0.1) is 0 Å². The monoisotopic (exact) mass is 361 g/mol. The van der Waals surface area contributed by atoms with Crippen LogP contribution in [-0.4, -0.2) is 36.1 Å². The van der Waals surface area contributed by atoms with E-state index in [1.165, 1.54) is 17.0 Å². The molecule has 114 valence electrons. The van der Waals surface area contributed by atoms with Gasteiger partial charge in [-0.15, -0.1) is 13.2 Å². The van der Waals surface area contributed by atoms with Crippen molar-refractivity contribution < 1.29 is 26.7 Å². The lowest BCUT2D eigenvalue weighted by Crippen LogP contribution is -2.30. The molecule has 0 bridgehead atoms. The first-order valence-electron chi connectivity index (χ1n) is 5.71. The summed E-state index contributed by atoms with van der Waals surface area (Å²) in [6.45, 7) is 0.278. The Hall–Kier alpha value is -0.890. The first-order valence-corrected chi connectivity index (χ1v) is 6.83. The van der Waals surface area contributed by atoms with Gasteiger partial charge in [-0.3, -0.25) is 4.90 Å². The average molecular weight is 362 g/mol. The third-order valence-electron chi connectivity index (χ3n) is 2.36. The first kappa shape index (κ1) is 17.2. The molecule has 1 aromatic rings. The van der Waals surface area contributed by atoms with Gasteiger partial charge in [-0.25, -0.2) is 8.78 Å². The maximum atomic E-state index is 12.4. The Morgan fingerprint density at radius 3 is 2.20 bits per heavy atom. The van der Waals surface area contributed by atoms with Gasteiger partial charge in [0.1, 0.15) is 5.75 Å². The van der Waals surface area contributed by atoms with Crippen LogP contribution in [-0.2, 0) is 6.54 Å². The van der Waals surface area contributed by atoms with E-state index in [4.69, 9.17) is 0 Å². The van der Waals surface area contributed by atoms with E-state index in [-0.39, 0.29) is 18.8 Å². The summed E-state index contributed by atoms with van der Waals surface area (Å²) in [7, 11) is 0. The van der Waals surface area contributed by atoms with Gasteiger partial charge in [-0.1, -0.05) is 28.1 Å². The van der Waals surface area contributed by atoms with Crippen molar-refractivity contribution in [1.29, 1.82) is 0 Å². The molecule has 0 aliphatic carbocycles. The molecule has 0 aromatic heterocycles. The van der Waals surface area contributed by atoms with Crippen molar-refractivity contribution in [1.82, 2.24) is 4.90 Å². The fourth-order valence-electron chi connectivity index (χ4n) is 1.60. The Kier molecular flexibility index (Phi) is 6.67. The lowest BCUT2D eigenvalue weighted by Gasteiger charge is -2.21. The fraction of sp³-hybridized carbons (Fsp3) is 0.500. The number of halogens is 6. The predicted octanol–water partition coefficient (Wildman–Crippen LogP) is 4.05. The Balaban J connectivity index is 2.62. The Morgan fingerprint density at radius 2 is 1.75 bits per heavy atom. The molecule has 0 fully saturated rings. The zero-order chi connectivity index (χ0) is 15.2. The van der Waals surface area contributed by atoms with Crippen molar-refractivity contribution in [3.05, 3.63) is 29.8 Å². The summed E-state index contributed by atoms with van der Waals surface area (Å²) in [6, 6.07) is 5.18. The summed E-state index contributed by atoms with van der Waals surface area (Å²) in [5, 5.41) is 0.537. The Bertz CT molecular complexity index is 396. The van der Waals surface area contributed by atoms with Crippen LogP contribution in [0.3, 0.4) is 0 Å². The van der Waals surface area contributed by atoms with E-state index in [1.54, 1.807) is 0 Å². The van der Waals surface area contributed by atoms with E-state index in [0.29, 0.717) is 17.4 Å². The molecule has 20 heavy (non-hydrogen) atoms. The van der Waals surface area contributed by atoms with Gasteiger partial charge in [0.25, 0.3) is 6.43 Å². The van der Waals surface area contributed by atoms with Crippen LogP contribution in [0.25, 0.3) is 0 Å². The molecule has 0 aliphatic heterocycles. The van der Waals surface area contributed by atoms with Crippen LogP contribution < -0.4 is 4.74 Å². The van der Waals surface area contributed by atoms with Gasteiger partial charge >= 0.3 is 6.36 Å². The van der Waals surface area contributed by atoms with Gasteiger partial charge in [0.05, 0.1) is 6.54 Å². The maximum absolute atomic E-state index is 12.4. The van der Waals surface area contributed by atoms with E-state index in [1.807, 2.05) is 0 Å². The smallest absolute Gasteiger partial charge is 0.406 e. The summed E-state index contributed by atoms with van der Waals surface area (Å²) in [5.41, 5.74) is 0.640. The van der Waals surface area contributed by atoms with Gasteiger partial charge in [0, 0.05) is 18.4 Å². The summed E-state index contributed by atoms with van der Waals surface area (Å²) < 4.78 is 64.4. The van der Waals surface area contributed by atoms with E-state index < -0.39 is 12.8 Å². The van der Waals surface area contributed by atoms with Crippen LogP contribution in [0.2, 0.25) is 0 Å². The van der Waals surface area contributed by atoms with E-state index >= 15 is 0 Å². The van der Waals surface area contributed by atoms with Gasteiger partial charge in [0.2, 0.25) is 0 Å². The molecule has 0 radical (unpaired) electrons. The van der Waals surface area contributed by atoms with Crippen LogP contribution >= 0.6 is 15.9 Å². The molecule has 0 unspecified atom stereocenters. The Labute approximate surface area is 121 Å². The topological polar surface area (TPSA) is 12.5 Å². The zero-order valence-electron chi connectivity index (χ0n) is 10.3. The summed E-state index contributed by atoms with van der Waals surface area (Å²) in [6.07, 6.45) is -7.19. The van der Waals surface area contributed by atoms with E-state index in [2.05, 4.69) is 20.7 Å². The number of benzene rings is 1. The highest BCUT2D eigenvalue weighted by Crippen LogP contribution is 2.23. The molecule has 0 heterocycles. The van der Waals surface area contributed by atoms with Crippen LogP contribution in [0.15, 0.2) is 24.3 Å². The number of alkyl halides is 6. The molecule has 0 spiro atoms. The van der Waals surface area contributed by atoms with Crippen molar-refractivity contribution in [3.63, 3.8) is 0 Å². The minimum atomic E-state index is -4.74. The highest BCUT2D eigenvalue weighted by molar-refractivity contribution is 9.09. The highest BCUT2D eigenvalue weighted by atomic mass is 79.9. The molecule has 0 amide bonds. The second-order valence-corrected chi connectivity index (χ2v) is 4.80. The second-order valence-electron chi connectivity index (χ2n) is 4.01. The summed E-state index contributed by atoms with van der Waals surface area (Å²) in [4.78, 5) is 1.51. The number of hydrogen-bond acceptors (Lipinski definition) is 2. The minimum Gasteiger partial charge on any atom is -0.406 e. The van der Waals surface area contributed by atoms with Crippen LogP contribution in [0.5, 0.6) is 5.75 Å². The van der Waals surface area contributed by atoms with Crippen molar-refractivity contribution >= 4 is 15.9 Å². The third kappa shape index (κ3) is 7.04. The average Bonchev–Trinajstić information content (AvgIpc) is 2.29. The molecule has 1 rings (SSSR count). The molecular formula is C12H13BrF5NO. The number of rotatable bonds is 7. The molecule has 0 atom stereocenters. The molecule has 1 aromatic carbocycles. The summed E-state index contributed by atoms with van der Waals surface area (Å²) in [5.74, 6) is -0.331. The highest BCUT2D eigenvalue weighted by Gasteiger charge is 2.30. The molecule has 8 heteroatoms. The van der Waals surface area contributed by atoms with Gasteiger partial charge in [-0.05, 0) is 17.7 Å². The van der Waals surface area contributed by atoms with Crippen molar-refractivity contribution in [2.45, 2.75) is 19.3 Å². The van der Waals surface area contributed by atoms with Crippen LogP contribution in [0.4, 0.5) is 22.0 Å². The normalized spacial score (nSPS) is 12.2. The van der Waals surface area contributed by atoms with Gasteiger partial charge in [0.15, 0.2) is 0 Å². The van der Waals surface area contributed by atoms with Crippen molar-refractivity contribution in [2.24, 2.45) is 0 Å². The van der Waals surface area contributed by atoms with E-state index in [0.717, 1.165) is 12.1 Å². The largest absolute Gasteiger partial charge is 0.573 e. The fourth-order valence-corrected chi connectivity index (χ4v) is 2.11. The number of hydrogen-bond donors (Lipinski definition) is 0. The van der Waals surface area contributed by atoms with Gasteiger partial charge in [-0.2, -0.15) is 0 Å².